The average Bonchev–Trinajstić information content (AvgIpc) is 3.42. The van der Waals surface area contributed by atoms with Crippen LogP contribution in [0.25, 0.3) is 11.1 Å². The standard InChI is InChI=1S/C24H27NO5S/c1-11-5-6-14(9-12(11)2)17-13(3)31-22(20(17)24(29)30-4)25-21(26)18-15-7-8-16(10-15)19(18)23(27)28/h5-6,9,15-16,18-19H,7-8,10H2,1-4H3,(H,25,26)(H,27,28)/p-1/t15-,16+,18+,19+/m1/s1. The van der Waals surface area contributed by atoms with Crippen LogP contribution in [-0.4, -0.2) is 25.0 Å². The maximum Gasteiger partial charge on any atom is 0.341 e. The first kappa shape index (κ1) is 21.6. The van der Waals surface area contributed by atoms with Crippen LogP contribution in [0.3, 0.4) is 0 Å². The van der Waals surface area contributed by atoms with Crippen molar-refractivity contribution in [3.8, 4) is 11.1 Å². The predicted octanol–water partition coefficient (Wildman–Crippen LogP) is 3.48. The molecule has 1 N–H and O–H groups in total. The van der Waals surface area contributed by atoms with Crippen molar-refractivity contribution in [2.24, 2.45) is 23.7 Å². The second kappa shape index (κ2) is 8.11. The predicted molar refractivity (Wildman–Crippen MR) is 117 cm³/mol. The third kappa shape index (κ3) is 3.65. The highest BCUT2D eigenvalue weighted by molar-refractivity contribution is 7.17. The summed E-state index contributed by atoms with van der Waals surface area (Å²) in [4.78, 5) is 38.5. The lowest BCUT2D eigenvalue weighted by molar-refractivity contribution is -0.314. The lowest BCUT2D eigenvalue weighted by Gasteiger charge is -2.30. The summed E-state index contributed by atoms with van der Waals surface area (Å²) in [5, 5.41) is 15.0. The van der Waals surface area contributed by atoms with E-state index in [9.17, 15) is 19.5 Å². The minimum absolute atomic E-state index is 0.00185. The van der Waals surface area contributed by atoms with Gasteiger partial charge in [0.25, 0.3) is 0 Å². The number of benzene rings is 1. The van der Waals surface area contributed by atoms with Gasteiger partial charge in [-0.15, -0.1) is 11.3 Å². The van der Waals surface area contributed by atoms with E-state index < -0.39 is 23.8 Å². The van der Waals surface area contributed by atoms with Crippen LogP contribution in [0.1, 0.15) is 45.6 Å². The van der Waals surface area contributed by atoms with Crippen LogP contribution in [-0.2, 0) is 14.3 Å². The highest BCUT2D eigenvalue weighted by Gasteiger charge is 2.51. The Balaban J connectivity index is 1.72. The molecule has 164 valence electrons. The third-order valence-electron chi connectivity index (χ3n) is 7.00. The summed E-state index contributed by atoms with van der Waals surface area (Å²) in [7, 11) is 1.31. The number of thiophene rings is 1. The molecular weight excluding hydrogens is 414 g/mol. The molecular formula is C24H26NO5S-. The zero-order valence-electron chi connectivity index (χ0n) is 18.1. The van der Waals surface area contributed by atoms with Gasteiger partial charge in [0, 0.05) is 28.2 Å². The molecule has 1 aromatic carbocycles. The van der Waals surface area contributed by atoms with E-state index in [1.807, 2.05) is 39.0 Å². The van der Waals surface area contributed by atoms with Crippen molar-refractivity contribution in [2.45, 2.75) is 40.0 Å². The smallest absolute Gasteiger partial charge is 0.341 e. The molecule has 2 saturated carbocycles. The fourth-order valence-electron chi connectivity index (χ4n) is 5.38. The molecule has 1 amide bonds. The number of nitrogens with one attached hydrogen (secondary N) is 1. The number of aryl methyl sites for hydroxylation is 3. The van der Waals surface area contributed by atoms with Crippen molar-refractivity contribution in [2.75, 3.05) is 12.4 Å². The van der Waals surface area contributed by atoms with E-state index in [0.717, 1.165) is 46.4 Å². The van der Waals surface area contributed by atoms with E-state index in [1.165, 1.54) is 18.4 Å². The molecule has 0 spiro atoms. The van der Waals surface area contributed by atoms with Gasteiger partial charge in [-0.1, -0.05) is 18.2 Å². The molecule has 7 heteroatoms. The molecule has 6 nitrogen and oxygen atoms in total. The summed E-state index contributed by atoms with van der Waals surface area (Å²) >= 11 is 1.31. The molecule has 0 unspecified atom stereocenters. The van der Waals surface area contributed by atoms with Crippen LogP contribution in [0.5, 0.6) is 0 Å². The molecule has 0 saturated heterocycles. The number of fused-ring (bicyclic) bond motifs is 2. The van der Waals surface area contributed by atoms with Crippen molar-refractivity contribution in [1.82, 2.24) is 0 Å². The molecule has 4 rings (SSSR count). The molecule has 0 radical (unpaired) electrons. The number of hydrogen-bond donors (Lipinski definition) is 1. The first-order valence-corrected chi connectivity index (χ1v) is 11.4. The number of rotatable bonds is 5. The van der Waals surface area contributed by atoms with E-state index in [0.29, 0.717) is 10.6 Å². The van der Waals surface area contributed by atoms with Crippen molar-refractivity contribution >= 4 is 34.2 Å². The first-order valence-electron chi connectivity index (χ1n) is 10.5. The van der Waals surface area contributed by atoms with E-state index in [-0.39, 0.29) is 17.7 Å². The van der Waals surface area contributed by atoms with Gasteiger partial charge in [0.1, 0.15) is 10.6 Å². The highest BCUT2D eigenvalue weighted by atomic mass is 32.1. The van der Waals surface area contributed by atoms with Gasteiger partial charge in [-0.2, -0.15) is 0 Å². The number of anilines is 1. The molecule has 0 aliphatic heterocycles. The van der Waals surface area contributed by atoms with Gasteiger partial charge in [-0.25, -0.2) is 4.79 Å². The van der Waals surface area contributed by atoms with Gasteiger partial charge in [0.05, 0.1) is 7.11 Å². The Morgan fingerprint density at radius 2 is 1.74 bits per heavy atom. The van der Waals surface area contributed by atoms with E-state index in [4.69, 9.17) is 4.74 Å². The number of methoxy groups -OCH3 is 1. The number of carboxylic acid groups (broad SMARTS) is 1. The van der Waals surface area contributed by atoms with Gasteiger partial charge >= 0.3 is 5.97 Å². The largest absolute Gasteiger partial charge is 0.550 e. The van der Waals surface area contributed by atoms with Gasteiger partial charge in [0.2, 0.25) is 5.91 Å². The number of carboxylic acids is 1. The minimum Gasteiger partial charge on any atom is -0.550 e. The van der Waals surface area contributed by atoms with Gasteiger partial charge < -0.3 is 20.0 Å². The number of hydrogen-bond acceptors (Lipinski definition) is 6. The normalized spacial score (nSPS) is 24.3. The van der Waals surface area contributed by atoms with Crippen molar-refractivity contribution in [3.05, 3.63) is 39.8 Å². The molecule has 1 aromatic heterocycles. The molecule has 1 heterocycles. The summed E-state index contributed by atoms with van der Waals surface area (Å²) in [5.41, 5.74) is 4.18. The Bertz CT molecular complexity index is 1070. The Morgan fingerprint density at radius 3 is 2.35 bits per heavy atom. The Hall–Kier alpha value is -2.67. The van der Waals surface area contributed by atoms with Crippen molar-refractivity contribution in [1.29, 1.82) is 0 Å². The van der Waals surface area contributed by atoms with Gasteiger partial charge in [0.15, 0.2) is 0 Å². The molecule has 2 aliphatic carbocycles. The second-order valence-electron chi connectivity index (χ2n) is 8.72. The number of aliphatic carboxylic acids is 1. The van der Waals surface area contributed by atoms with Gasteiger partial charge in [-0.05, 0) is 68.6 Å². The first-order chi connectivity index (χ1) is 14.7. The fourth-order valence-corrected chi connectivity index (χ4v) is 6.44. The topological polar surface area (TPSA) is 95.5 Å². The summed E-state index contributed by atoms with van der Waals surface area (Å²) in [5.74, 6) is -3.37. The summed E-state index contributed by atoms with van der Waals surface area (Å²) in [6, 6.07) is 5.97. The van der Waals surface area contributed by atoms with Crippen molar-refractivity contribution in [3.63, 3.8) is 0 Å². The van der Waals surface area contributed by atoms with Crippen LogP contribution in [0.4, 0.5) is 5.00 Å². The van der Waals surface area contributed by atoms with E-state index >= 15 is 0 Å². The number of carbonyl (C=O) groups excluding carboxylic acids is 3. The van der Waals surface area contributed by atoms with E-state index in [1.54, 1.807) is 0 Å². The number of esters is 1. The molecule has 4 atom stereocenters. The molecule has 31 heavy (non-hydrogen) atoms. The quantitative estimate of drug-likeness (QED) is 0.718. The second-order valence-corrected chi connectivity index (χ2v) is 9.95. The van der Waals surface area contributed by atoms with Crippen LogP contribution in [0.15, 0.2) is 18.2 Å². The molecule has 2 aliphatic rings. The Morgan fingerprint density at radius 1 is 1.06 bits per heavy atom. The van der Waals surface area contributed by atoms with Crippen LogP contribution in [0.2, 0.25) is 0 Å². The minimum atomic E-state index is -1.15. The zero-order valence-corrected chi connectivity index (χ0v) is 18.9. The maximum atomic E-state index is 13.2. The van der Waals surface area contributed by atoms with Crippen LogP contribution >= 0.6 is 11.3 Å². The third-order valence-corrected chi connectivity index (χ3v) is 8.02. The van der Waals surface area contributed by atoms with Crippen LogP contribution < -0.4 is 10.4 Å². The summed E-state index contributed by atoms with van der Waals surface area (Å²) < 4.78 is 5.03. The molecule has 2 bridgehead atoms. The average molecular weight is 441 g/mol. The highest BCUT2D eigenvalue weighted by Crippen LogP contribution is 2.52. The number of carbonyl (C=O) groups is 3. The Labute approximate surface area is 185 Å². The van der Waals surface area contributed by atoms with E-state index in [2.05, 4.69) is 5.32 Å². The van der Waals surface area contributed by atoms with Crippen molar-refractivity contribution < 1.29 is 24.2 Å². The number of ether oxygens (including phenoxy) is 1. The fraction of sp³-hybridized carbons (Fsp3) is 0.458. The maximum absolute atomic E-state index is 13.2. The molecule has 2 fully saturated rings. The summed E-state index contributed by atoms with van der Waals surface area (Å²) in [6.45, 7) is 5.94. The lowest BCUT2D eigenvalue weighted by Crippen LogP contribution is -2.44. The van der Waals surface area contributed by atoms with Crippen LogP contribution in [0, 0.1) is 44.4 Å². The summed E-state index contributed by atoms with van der Waals surface area (Å²) in [6.07, 6.45) is 2.43. The monoisotopic (exact) mass is 440 g/mol. The molecule has 2 aromatic rings. The zero-order chi connectivity index (χ0) is 22.4. The SMILES string of the molecule is COC(=O)c1c(NC(=O)[C@H]2[C@@H]3CC[C@@H](C3)[C@@H]2C(=O)[O-])sc(C)c1-c1ccc(C)c(C)c1. The number of amides is 1. The lowest BCUT2D eigenvalue weighted by atomic mass is 9.78. The van der Waals surface area contributed by atoms with Gasteiger partial charge in [-0.3, -0.25) is 4.79 Å². The Kier molecular flexibility index (Phi) is 5.64.